The summed E-state index contributed by atoms with van der Waals surface area (Å²) in [4.78, 5) is 10.8. The second-order valence-electron chi connectivity index (χ2n) is 3.37. The summed E-state index contributed by atoms with van der Waals surface area (Å²) < 4.78 is 10.3. The molecule has 2 rings (SSSR count). The highest BCUT2D eigenvalue weighted by Crippen LogP contribution is 2.36. The van der Waals surface area contributed by atoms with Gasteiger partial charge in [0.1, 0.15) is 11.8 Å². The van der Waals surface area contributed by atoms with Gasteiger partial charge >= 0.3 is 5.97 Å². The fraction of sp³-hybridized carbons (Fsp3) is 0.300. The van der Waals surface area contributed by atoms with Crippen LogP contribution in [-0.4, -0.2) is 17.9 Å². The second kappa shape index (κ2) is 4.29. The molecule has 1 unspecified atom stereocenters. The Balaban J connectivity index is 2.50. The van der Waals surface area contributed by atoms with Crippen molar-refractivity contribution in [2.75, 3.05) is 6.79 Å². The van der Waals surface area contributed by atoms with Crippen molar-refractivity contribution in [3.05, 3.63) is 28.3 Å². The SMILES string of the molecule is NC(C(=O)O)c1ccc(Cl)c2c1OCOC2. The van der Waals surface area contributed by atoms with E-state index in [2.05, 4.69) is 0 Å². The molecule has 3 N–H and O–H groups in total. The number of rotatable bonds is 2. The molecular weight excluding hydrogens is 234 g/mol. The van der Waals surface area contributed by atoms with Gasteiger partial charge in [-0.1, -0.05) is 17.7 Å². The maximum atomic E-state index is 10.8. The molecule has 16 heavy (non-hydrogen) atoms. The van der Waals surface area contributed by atoms with Crippen LogP contribution in [0.4, 0.5) is 0 Å². The van der Waals surface area contributed by atoms with Crippen molar-refractivity contribution in [3.8, 4) is 5.75 Å². The minimum absolute atomic E-state index is 0.0761. The molecule has 1 heterocycles. The number of fused-ring (bicyclic) bond motifs is 1. The van der Waals surface area contributed by atoms with Crippen LogP contribution in [0.5, 0.6) is 5.75 Å². The third-order valence-corrected chi connectivity index (χ3v) is 2.72. The summed E-state index contributed by atoms with van der Waals surface area (Å²) >= 11 is 5.95. The second-order valence-corrected chi connectivity index (χ2v) is 3.78. The number of ether oxygens (including phenoxy) is 2. The van der Waals surface area contributed by atoms with Crippen molar-refractivity contribution >= 4 is 17.6 Å². The summed E-state index contributed by atoms with van der Waals surface area (Å²) in [5.74, 6) is -0.687. The van der Waals surface area contributed by atoms with E-state index < -0.39 is 12.0 Å². The van der Waals surface area contributed by atoms with Crippen LogP contribution < -0.4 is 10.5 Å². The summed E-state index contributed by atoms with van der Waals surface area (Å²) in [5, 5.41) is 9.34. The minimum Gasteiger partial charge on any atom is -0.480 e. The van der Waals surface area contributed by atoms with Crippen LogP contribution in [0.2, 0.25) is 5.02 Å². The van der Waals surface area contributed by atoms with Gasteiger partial charge < -0.3 is 20.3 Å². The molecule has 1 aliphatic rings. The highest BCUT2D eigenvalue weighted by molar-refractivity contribution is 6.31. The Bertz CT molecular complexity index is 435. The minimum atomic E-state index is -1.12. The van der Waals surface area contributed by atoms with Crippen LogP contribution in [0.1, 0.15) is 17.2 Å². The predicted molar refractivity (Wildman–Crippen MR) is 56.3 cm³/mol. The lowest BCUT2D eigenvalue weighted by atomic mass is 10.0. The van der Waals surface area contributed by atoms with Gasteiger partial charge in [0, 0.05) is 16.1 Å². The number of halogens is 1. The molecule has 0 spiro atoms. The zero-order valence-corrected chi connectivity index (χ0v) is 9.03. The molecule has 1 aromatic carbocycles. The molecule has 0 aliphatic carbocycles. The normalized spacial score (nSPS) is 16.1. The summed E-state index contributed by atoms with van der Waals surface area (Å²) in [7, 11) is 0. The fourth-order valence-electron chi connectivity index (χ4n) is 1.55. The Labute approximate surface area is 96.7 Å². The summed E-state index contributed by atoms with van der Waals surface area (Å²) in [6.45, 7) is 0.376. The number of benzene rings is 1. The van der Waals surface area contributed by atoms with Crippen molar-refractivity contribution in [3.63, 3.8) is 0 Å². The Kier molecular flexibility index (Phi) is 3.00. The molecule has 6 heteroatoms. The Morgan fingerprint density at radius 1 is 1.56 bits per heavy atom. The molecule has 0 bridgehead atoms. The number of hydrogen-bond donors (Lipinski definition) is 2. The Hall–Kier alpha value is -1.30. The van der Waals surface area contributed by atoms with E-state index in [4.69, 9.17) is 31.9 Å². The molecule has 5 nitrogen and oxygen atoms in total. The number of carboxylic acids is 1. The number of carboxylic acid groups (broad SMARTS) is 1. The average Bonchev–Trinajstić information content (AvgIpc) is 2.29. The van der Waals surface area contributed by atoms with E-state index in [0.717, 1.165) is 0 Å². The molecule has 1 aliphatic heterocycles. The van der Waals surface area contributed by atoms with Crippen molar-refractivity contribution < 1.29 is 19.4 Å². The van der Waals surface area contributed by atoms with E-state index in [1.165, 1.54) is 0 Å². The monoisotopic (exact) mass is 243 g/mol. The molecular formula is C10H10ClNO4. The average molecular weight is 244 g/mol. The summed E-state index contributed by atoms with van der Waals surface area (Å²) in [6, 6.07) is 2.03. The first kappa shape index (κ1) is 11.2. The van der Waals surface area contributed by atoms with E-state index in [1.807, 2.05) is 0 Å². The maximum Gasteiger partial charge on any atom is 0.325 e. The lowest BCUT2D eigenvalue weighted by Gasteiger charge is -2.22. The molecule has 0 fully saturated rings. The van der Waals surface area contributed by atoms with Gasteiger partial charge in [-0.3, -0.25) is 4.79 Å². The molecule has 0 aromatic heterocycles. The zero-order chi connectivity index (χ0) is 11.7. The third kappa shape index (κ3) is 1.84. The predicted octanol–water partition coefficient (Wildman–Crippen LogP) is 1.29. The Morgan fingerprint density at radius 3 is 3.00 bits per heavy atom. The van der Waals surface area contributed by atoms with Crippen LogP contribution in [-0.2, 0) is 16.1 Å². The molecule has 0 radical (unpaired) electrons. The smallest absolute Gasteiger partial charge is 0.325 e. The zero-order valence-electron chi connectivity index (χ0n) is 8.27. The molecule has 0 amide bonds. The van der Waals surface area contributed by atoms with Gasteiger partial charge in [-0.2, -0.15) is 0 Å². The first-order chi connectivity index (χ1) is 7.61. The van der Waals surface area contributed by atoms with Crippen molar-refractivity contribution in [1.29, 1.82) is 0 Å². The molecule has 0 saturated carbocycles. The highest BCUT2D eigenvalue weighted by atomic mass is 35.5. The van der Waals surface area contributed by atoms with Crippen LogP contribution in [0, 0.1) is 0 Å². The van der Waals surface area contributed by atoms with Crippen molar-refractivity contribution in [2.24, 2.45) is 5.73 Å². The molecule has 86 valence electrons. The van der Waals surface area contributed by atoms with Gasteiger partial charge in [0.25, 0.3) is 0 Å². The van der Waals surface area contributed by atoms with Crippen LogP contribution >= 0.6 is 11.6 Å². The van der Waals surface area contributed by atoms with Crippen LogP contribution in [0.25, 0.3) is 0 Å². The van der Waals surface area contributed by atoms with Gasteiger partial charge in [0.2, 0.25) is 0 Å². The number of carbonyl (C=O) groups is 1. The first-order valence-corrected chi connectivity index (χ1v) is 4.99. The van der Waals surface area contributed by atoms with E-state index in [1.54, 1.807) is 12.1 Å². The first-order valence-electron chi connectivity index (χ1n) is 4.61. The highest BCUT2D eigenvalue weighted by Gasteiger charge is 2.24. The quantitative estimate of drug-likeness (QED) is 0.818. The van der Waals surface area contributed by atoms with E-state index in [9.17, 15) is 4.79 Å². The topological polar surface area (TPSA) is 81.8 Å². The molecule has 1 aromatic rings. The largest absolute Gasteiger partial charge is 0.480 e. The van der Waals surface area contributed by atoms with Crippen LogP contribution in [0.15, 0.2) is 12.1 Å². The lowest BCUT2D eigenvalue weighted by molar-refractivity contribution is -0.138. The number of hydrogen-bond acceptors (Lipinski definition) is 4. The lowest BCUT2D eigenvalue weighted by Crippen LogP contribution is -2.23. The van der Waals surface area contributed by atoms with Gasteiger partial charge in [-0.25, -0.2) is 0 Å². The van der Waals surface area contributed by atoms with E-state index in [-0.39, 0.29) is 6.79 Å². The van der Waals surface area contributed by atoms with Gasteiger partial charge in [0.05, 0.1) is 6.61 Å². The standard InChI is InChI=1S/C10H10ClNO4/c11-7-2-1-5(8(12)10(13)14)9-6(7)3-15-4-16-9/h1-2,8H,3-4,12H2,(H,13,14). The maximum absolute atomic E-state index is 10.8. The van der Waals surface area contributed by atoms with Gasteiger partial charge in [-0.05, 0) is 6.07 Å². The van der Waals surface area contributed by atoms with E-state index >= 15 is 0 Å². The van der Waals surface area contributed by atoms with Gasteiger partial charge in [0.15, 0.2) is 6.79 Å². The van der Waals surface area contributed by atoms with Crippen molar-refractivity contribution in [2.45, 2.75) is 12.6 Å². The molecule has 1 atom stereocenters. The van der Waals surface area contributed by atoms with E-state index in [0.29, 0.717) is 28.5 Å². The van der Waals surface area contributed by atoms with Gasteiger partial charge in [-0.15, -0.1) is 0 Å². The third-order valence-electron chi connectivity index (χ3n) is 2.37. The summed E-state index contributed by atoms with van der Waals surface area (Å²) in [5.41, 5.74) is 6.60. The van der Waals surface area contributed by atoms with Crippen molar-refractivity contribution in [1.82, 2.24) is 0 Å². The molecule has 0 saturated heterocycles. The Morgan fingerprint density at radius 2 is 2.31 bits per heavy atom. The van der Waals surface area contributed by atoms with Crippen LogP contribution in [0.3, 0.4) is 0 Å². The number of aliphatic carboxylic acids is 1. The fourth-order valence-corrected chi connectivity index (χ4v) is 1.75. The summed E-state index contributed by atoms with van der Waals surface area (Å²) in [6.07, 6.45) is 0. The number of nitrogens with two attached hydrogens (primary N) is 1.